The molecule has 30 heavy (non-hydrogen) atoms. The highest BCUT2D eigenvalue weighted by atomic mass is 16.3. The van der Waals surface area contributed by atoms with Gasteiger partial charge in [0.25, 0.3) is 0 Å². The van der Waals surface area contributed by atoms with Gasteiger partial charge in [-0.3, -0.25) is 4.68 Å². The lowest BCUT2D eigenvalue weighted by atomic mass is 10.1. The number of hydrogen-bond donors (Lipinski definition) is 3. The Labute approximate surface area is 175 Å². The summed E-state index contributed by atoms with van der Waals surface area (Å²) >= 11 is 0. The van der Waals surface area contributed by atoms with Gasteiger partial charge in [0.05, 0.1) is 11.8 Å². The van der Waals surface area contributed by atoms with Gasteiger partial charge in [0.1, 0.15) is 11.3 Å². The molecule has 0 spiro atoms. The molecule has 0 unspecified atom stereocenters. The number of pyridine rings is 1. The van der Waals surface area contributed by atoms with E-state index in [0.29, 0.717) is 12.5 Å². The first kappa shape index (κ1) is 20.0. The van der Waals surface area contributed by atoms with Crippen LogP contribution in [0.3, 0.4) is 0 Å². The van der Waals surface area contributed by atoms with E-state index < -0.39 is 6.10 Å². The number of hydrogen-bond acceptors (Lipinski definition) is 6. The number of aromatic nitrogens is 6. The molecule has 0 aliphatic rings. The molecule has 3 N–H and O–H groups in total. The Balaban J connectivity index is 1.82. The molecule has 4 rings (SSSR count). The van der Waals surface area contributed by atoms with E-state index in [1.54, 1.807) is 13.1 Å². The molecule has 0 aliphatic carbocycles. The minimum Gasteiger partial charge on any atom is -0.392 e. The molecule has 0 amide bonds. The lowest BCUT2D eigenvalue weighted by molar-refractivity contribution is 0.208. The highest BCUT2D eigenvalue weighted by Crippen LogP contribution is 2.33. The zero-order valence-corrected chi connectivity index (χ0v) is 17.9. The van der Waals surface area contributed by atoms with Crippen molar-refractivity contribution in [2.45, 2.75) is 46.8 Å². The van der Waals surface area contributed by atoms with E-state index in [4.69, 9.17) is 5.10 Å². The first-order valence-electron chi connectivity index (χ1n) is 10.1. The van der Waals surface area contributed by atoms with Crippen molar-refractivity contribution in [3.8, 4) is 22.5 Å². The van der Waals surface area contributed by atoms with Crippen LogP contribution in [0, 0.1) is 13.8 Å². The van der Waals surface area contributed by atoms with Gasteiger partial charge in [-0.25, -0.2) is 15.0 Å². The van der Waals surface area contributed by atoms with Crippen molar-refractivity contribution in [1.82, 2.24) is 29.7 Å². The molecule has 156 valence electrons. The van der Waals surface area contributed by atoms with E-state index in [1.807, 2.05) is 23.1 Å². The maximum Gasteiger partial charge on any atom is 0.223 e. The molecular formula is C22H27N7O. The third-order valence-electron chi connectivity index (χ3n) is 5.18. The number of H-pyrrole nitrogens is 1. The second-order valence-electron chi connectivity index (χ2n) is 7.96. The predicted molar refractivity (Wildman–Crippen MR) is 118 cm³/mol. The van der Waals surface area contributed by atoms with Gasteiger partial charge in [-0.15, -0.1) is 0 Å². The second-order valence-corrected chi connectivity index (χ2v) is 7.96. The number of anilines is 1. The van der Waals surface area contributed by atoms with Crippen molar-refractivity contribution in [2.75, 3.05) is 11.9 Å². The maximum atomic E-state index is 9.53. The summed E-state index contributed by atoms with van der Waals surface area (Å²) in [5.41, 5.74) is 6.64. The Morgan fingerprint density at radius 2 is 2.00 bits per heavy atom. The average molecular weight is 406 g/mol. The Morgan fingerprint density at radius 3 is 2.73 bits per heavy atom. The van der Waals surface area contributed by atoms with Gasteiger partial charge in [0.15, 0.2) is 0 Å². The van der Waals surface area contributed by atoms with Crippen LogP contribution in [0.5, 0.6) is 0 Å². The predicted octanol–water partition coefficient (Wildman–Crippen LogP) is 3.87. The Hall–Kier alpha value is -3.26. The Bertz CT molecular complexity index is 1190. The Kier molecular flexibility index (Phi) is 5.26. The molecule has 0 saturated heterocycles. The summed E-state index contributed by atoms with van der Waals surface area (Å²) < 4.78 is 1.94. The molecular weight excluding hydrogens is 378 g/mol. The van der Waals surface area contributed by atoms with Crippen molar-refractivity contribution in [3.05, 3.63) is 42.0 Å². The van der Waals surface area contributed by atoms with Gasteiger partial charge < -0.3 is 15.4 Å². The molecule has 4 aromatic heterocycles. The largest absolute Gasteiger partial charge is 0.392 e. The molecule has 0 saturated carbocycles. The van der Waals surface area contributed by atoms with E-state index in [9.17, 15) is 5.11 Å². The van der Waals surface area contributed by atoms with Crippen molar-refractivity contribution in [3.63, 3.8) is 0 Å². The normalized spacial score (nSPS) is 12.6. The van der Waals surface area contributed by atoms with Gasteiger partial charge in [0, 0.05) is 53.4 Å². The van der Waals surface area contributed by atoms with E-state index in [0.717, 1.165) is 39.2 Å². The Morgan fingerprint density at radius 1 is 1.20 bits per heavy atom. The lowest BCUT2D eigenvalue weighted by Gasteiger charge is -2.08. The monoisotopic (exact) mass is 405 g/mol. The molecule has 0 aliphatic heterocycles. The first-order valence-corrected chi connectivity index (χ1v) is 10.1. The van der Waals surface area contributed by atoms with Crippen LogP contribution in [0.1, 0.15) is 38.1 Å². The SMILES string of the molecule is Cc1[nH]c2ncc(-c3nn(C(C)C)cc3-c3ccnc(NC[C@H](C)O)n3)cc2c1C. The fourth-order valence-electron chi connectivity index (χ4n) is 3.34. The molecule has 4 heterocycles. The van der Waals surface area contributed by atoms with Crippen LogP contribution in [0.2, 0.25) is 0 Å². The average Bonchev–Trinajstić information content (AvgIpc) is 3.29. The van der Waals surface area contributed by atoms with Gasteiger partial charge in [0.2, 0.25) is 5.95 Å². The third-order valence-corrected chi connectivity index (χ3v) is 5.18. The van der Waals surface area contributed by atoms with Crippen LogP contribution in [0.25, 0.3) is 33.5 Å². The fraction of sp³-hybridized carbons (Fsp3) is 0.364. The van der Waals surface area contributed by atoms with E-state index >= 15 is 0 Å². The van der Waals surface area contributed by atoms with Crippen LogP contribution < -0.4 is 5.32 Å². The van der Waals surface area contributed by atoms with E-state index in [-0.39, 0.29) is 6.04 Å². The van der Waals surface area contributed by atoms with Crippen molar-refractivity contribution in [2.24, 2.45) is 0 Å². The van der Waals surface area contributed by atoms with Crippen LogP contribution in [-0.4, -0.2) is 47.5 Å². The first-order chi connectivity index (χ1) is 14.3. The minimum atomic E-state index is -0.484. The van der Waals surface area contributed by atoms with Gasteiger partial charge in [-0.05, 0) is 52.3 Å². The highest BCUT2D eigenvalue weighted by Gasteiger charge is 2.18. The molecule has 8 nitrogen and oxygen atoms in total. The number of aromatic amines is 1. The molecule has 4 aromatic rings. The third kappa shape index (κ3) is 3.78. The number of fused-ring (bicyclic) bond motifs is 1. The maximum absolute atomic E-state index is 9.53. The topological polar surface area (TPSA) is 105 Å². The summed E-state index contributed by atoms with van der Waals surface area (Å²) in [6.45, 7) is 10.4. The van der Waals surface area contributed by atoms with Crippen LogP contribution in [0.15, 0.2) is 30.7 Å². The number of aliphatic hydroxyl groups excluding tert-OH is 1. The van der Waals surface area contributed by atoms with E-state index in [1.165, 1.54) is 5.56 Å². The molecule has 0 aromatic carbocycles. The van der Waals surface area contributed by atoms with Crippen LogP contribution >= 0.6 is 0 Å². The van der Waals surface area contributed by atoms with Crippen molar-refractivity contribution >= 4 is 17.0 Å². The fourth-order valence-corrected chi connectivity index (χ4v) is 3.34. The number of nitrogens with zero attached hydrogens (tertiary/aromatic N) is 5. The smallest absolute Gasteiger partial charge is 0.223 e. The molecule has 8 heteroatoms. The van der Waals surface area contributed by atoms with Crippen molar-refractivity contribution in [1.29, 1.82) is 0 Å². The van der Waals surface area contributed by atoms with Gasteiger partial charge in [-0.1, -0.05) is 0 Å². The zero-order chi connectivity index (χ0) is 21.4. The number of aliphatic hydroxyl groups is 1. The summed E-state index contributed by atoms with van der Waals surface area (Å²) in [6.07, 6.45) is 5.09. The number of nitrogens with one attached hydrogen (secondary N) is 2. The summed E-state index contributed by atoms with van der Waals surface area (Å²) in [5, 5.41) is 18.5. The highest BCUT2D eigenvalue weighted by molar-refractivity contribution is 5.88. The zero-order valence-electron chi connectivity index (χ0n) is 17.9. The van der Waals surface area contributed by atoms with Crippen LogP contribution in [-0.2, 0) is 0 Å². The number of aryl methyl sites for hydroxylation is 2. The lowest BCUT2D eigenvalue weighted by Crippen LogP contribution is -2.16. The molecule has 1 atom stereocenters. The second kappa shape index (κ2) is 7.87. The number of rotatable bonds is 6. The van der Waals surface area contributed by atoms with E-state index in [2.05, 4.69) is 59.0 Å². The van der Waals surface area contributed by atoms with Crippen LogP contribution in [0.4, 0.5) is 5.95 Å². The van der Waals surface area contributed by atoms with Crippen molar-refractivity contribution < 1.29 is 5.11 Å². The quantitative estimate of drug-likeness (QED) is 0.450. The summed E-state index contributed by atoms with van der Waals surface area (Å²) in [5.74, 6) is 0.474. The van der Waals surface area contributed by atoms with Gasteiger partial charge in [-0.2, -0.15) is 5.10 Å². The summed E-state index contributed by atoms with van der Waals surface area (Å²) in [6, 6.07) is 4.21. The standard InChI is InChI=1S/C22H27N7O/c1-12(2)29-11-18(19-6-7-23-22(27-19)25-9-13(3)30)20(28-29)16-8-17-14(4)15(5)26-21(17)24-10-16/h6-8,10-13,30H,9H2,1-5H3,(H,24,26)(H,23,25,27)/t13-/m0/s1. The molecule has 0 fully saturated rings. The molecule has 0 bridgehead atoms. The minimum absolute atomic E-state index is 0.208. The molecule has 0 radical (unpaired) electrons. The summed E-state index contributed by atoms with van der Waals surface area (Å²) in [4.78, 5) is 16.8. The van der Waals surface area contributed by atoms with Gasteiger partial charge >= 0.3 is 0 Å². The summed E-state index contributed by atoms with van der Waals surface area (Å²) in [7, 11) is 0.